The van der Waals surface area contributed by atoms with Gasteiger partial charge in [-0.1, -0.05) is 39.8 Å². The number of carbonyl (C=O) groups is 11. The number of thioether (sulfide) groups is 1. The number of Topliss-reactive ketones (excluding diaryl/α,β-unsaturated/α-hetero) is 1. The molecule has 0 heterocycles. The van der Waals surface area contributed by atoms with Crippen LogP contribution in [0.2, 0.25) is 0 Å². The van der Waals surface area contributed by atoms with Gasteiger partial charge < -0.3 is 40.6 Å². The zero-order valence-electron chi connectivity index (χ0n) is 41.9. The minimum atomic E-state index is -1.63. The second-order valence-electron chi connectivity index (χ2n) is 17.6. The molecule has 23 heteroatoms. The Balaban J connectivity index is 6.62. The number of likely N-dealkylation sites (N-methyl/N-ethyl adjacent to an activating group) is 4. The molecule has 67 heavy (non-hydrogen) atoms. The lowest BCUT2D eigenvalue weighted by atomic mass is 9.95. The fourth-order valence-corrected chi connectivity index (χ4v) is 7.56. The fourth-order valence-electron chi connectivity index (χ4n) is 6.39. The monoisotopic (exact) mass is 969 g/mol. The molecule has 6 atom stereocenters. The van der Waals surface area contributed by atoms with Gasteiger partial charge in [0, 0.05) is 61.5 Å². The van der Waals surface area contributed by atoms with Crippen LogP contribution in [-0.4, -0.2) is 178 Å². The Hall–Kier alpha value is -5.58. The van der Waals surface area contributed by atoms with Crippen LogP contribution in [-0.2, 0) is 33.6 Å². The summed E-state index contributed by atoms with van der Waals surface area (Å²) in [5, 5.41) is 20.5. The molecule has 0 aliphatic rings. The molecule has 0 aliphatic heterocycles. The van der Waals surface area contributed by atoms with Gasteiger partial charge in [0.1, 0.15) is 30.0 Å². The minimum Gasteiger partial charge on any atom is -0.390 e. The summed E-state index contributed by atoms with van der Waals surface area (Å²) in [7, 11) is 7.49. The number of allylic oxidation sites excluding steroid dienone is 2. The molecule has 0 rings (SSSR count). The second kappa shape index (κ2) is 29.2. The minimum absolute atomic E-state index is 0.00480. The van der Waals surface area contributed by atoms with Crippen molar-refractivity contribution < 1.29 is 57.8 Å². The molecule has 6 N–H and O–H groups in total. The summed E-state index contributed by atoms with van der Waals surface area (Å²) in [5.74, 6) is -4.16. The average molecular weight is 969 g/mol. The molecule has 0 radical (unpaired) electrons. The van der Waals surface area contributed by atoms with Gasteiger partial charge in [-0.15, -0.1) is 11.8 Å². The number of urea groups is 4. The first-order chi connectivity index (χ1) is 30.9. The van der Waals surface area contributed by atoms with Crippen LogP contribution in [0.25, 0.3) is 0 Å². The van der Waals surface area contributed by atoms with Crippen LogP contribution >= 0.6 is 11.8 Å². The Morgan fingerprint density at radius 2 is 1.31 bits per heavy atom. The van der Waals surface area contributed by atoms with Crippen molar-refractivity contribution in [2.75, 3.05) is 48.0 Å². The molecule has 0 aromatic carbocycles. The highest BCUT2D eigenvalue weighted by atomic mass is 32.2. The van der Waals surface area contributed by atoms with E-state index in [2.05, 4.69) is 16.0 Å². The number of nitrogens with one attached hydrogen (secondary N) is 5. The van der Waals surface area contributed by atoms with Crippen molar-refractivity contribution in [1.29, 1.82) is 0 Å². The SMILES string of the molecule is C/C=C/C[C@@H](C)C[C@@H](C(=O)N[C@@H](CC)C(=O)N(C)[C@H](SCCCC(C)=O)C(=O)N(C)[C@@H](CC(C)(C)O)C(=O)NC(=O)N(C)C(=O)NC(=O)N[C@H](C)C(=O)N(C)C(=O)NC)N(C)C(=O)CC(C)C. The number of carbonyl (C=O) groups excluding carboxylic acids is 11. The molecule has 0 bridgehead atoms. The van der Waals surface area contributed by atoms with E-state index in [4.69, 9.17) is 0 Å². The number of hydrogen-bond donors (Lipinski definition) is 6. The summed E-state index contributed by atoms with van der Waals surface area (Å²) in [4.78, 5) is 149. The van der Waals surface area contributed by atoms with Crippen molar-refractivity contribution in [3.63, 3.8) is 0 Å². The van der Waals surface area contributed by atoms with Crippen molar-refractivity contribution in [2.45, 2.75) is 142 Å². The first-order valence-electron chi connectivity index (χ1n) is 22.2. The largest absolute Gasteiger partial charge is 0.390 e. The summed E-state index contributed by atoms with van der Waals surface area (Å²) in [5.41, 5.74) is -1.63. The van der Waals surface area contributed by atoms with Crippen LogP contribution in [0.3, 0.4) is 0 Å². The lowest BCUT2D eigenvalue weighted by molar-refractivity contribution is -0.147. The third-order valence-corrected chi connectivity index (χ3v) is 11.8. The summed E-state index contributed by atoms with van der Waals surface area (Å²) in [6.07, 6.45) is 5.16. The second-order valence-corrected chi connectivity index (χ2v) is 18.8. The third kappa shape index (κ3) is 21.3. The van der Waals surface area contributed by atoms with Gasteiger partial charge in [0.05, 0.1) is 5.60 Å². The topological polar surface area (TPSA) is 284 Å². The van der Waals surface area contributed by atoms with Crippen molar-refractivity contribution in [3.8, 4) is 0 Å². The third-order valence-electron chi connectivity index (χ3n) is 10.5. The van der Waals surface area contributed by atoms with Crippen LogP contribution in [0.1, 0.15) is 107 Å². The lowest BCUT2D eigenvalue weighted by Gasteiger charge is -2.37. The number of nitrogens with zero attached hydrogens (tertiary/aromatic N) is 5. The maximum absolute atomic E-state index is 14.5. The van der Waals surface area contributed by atoms with Gasteiger partial charge in [-0.05, 0) is 77.9 Å². The highest BCUT2D eigenvalue weighted by Crippen LogP contribution is 2.24. The molecule has 22 nitrogen and oxygen atoms in total. The number of imide groups is 4. The average Bonchev–Trinajstić information content (AvgIpc) is 3.25. The number of rotatable bonds is 24. The van der Waals surface area contributed by atoms with Crippen LogP contribution in [0.5, 0.6) is 0 Å². The molecule has 0 unspecified atom stereocenters. The molecule has 0 spiro atoms. The van der Waals surface area contributed by atoms with Crippen LogP contribution in [0.4, 0.5) is 19.2 Å². The standard InChI is InChI=1S/C44H76N10O12S/c1-16-18-20-27(5)24-31(50(11)33(56)23-26(3)4)34(57)47-30(17-2)37(60)52(13)39(67-22-19-21-28(6)55)38(61)51(12)32(25-44(8,9)66)35(58)48-42(64)54(15)43(65)49-40(62)46-29(7)36(59)53(14)41(63)45-10/h16,18,26-27,29-32,39,66H,17,19-25H2,1-15H3,(H,45,63)(H,47,57)(H,48,58,64)(H2,46,49,62,65)/b18-16+/t27-,29-,30+,31+,32+,39-/m1/s1. The van der Waals surface area contributed by atoms with Gasteiger partial charge in [-0.2, -0.15) is 0 Å². The van der Waals surface area contributed by atoms with Crippen molar-refractivity contribution >= 4 is 77.1 Å². The summed E-state index contributed by atoms with van der Waals surface area (Å²) in [6.45, 7) is 14.6. The van der Waals surface area contributed by atoms with Crippen LogP contribution < -0.4 is 26.6 Å². The van der Waals surface area contributed by atoms with E-state index in [1.54, 1.807) is 14.0 Å². The molecule has 0 saturated carbocycles. The maximum Gasteiger partial charge on any atom is 0.333 e. The Labute approximate surface area is 399 Å². The zero-order chi connectivity index (χ0) is 52.1. The Morgan fingerprint density at radius 3 is 1.82 bits per heavy atom. The molecule has 0 aromatic rings. The number of ketones is 1. The number of amides is 14. The number of hydrogen-bond acceptors (Lipinski definition) is 13. The molecule has 14 amide bonds. The van der Waals surface area contributed by atoms with E-state index >= 15 is 0 Å². The Kier molecular flexibility index (Phi) is 26.8. The maximum atomic E-state index is 14.5. The van der Waals surface area contributed by atoms with Gasteiger partial charge >= 0.3 is 24.1 Å². The molecule has 0 aromatic heterocycles. The van der Waals surface area contributed by atoms with Gasteiger partial charge in [0.2, 0.25) is 17.7 Å². The smallest absolute Gasteiger partial charge is 0.333 e. The molecule has 0 aliphatic carbocycles. The number of aliphatic hydroxyl groups is 1. The molecular formula is C44H76N10O12S. The van der Waals surface area contributed by atoms with Gasteiger partial charge in [0.25, 0.3) is 17.7 Å². The predicted molar refractivity (Wildman–Crippen MR) is 253 cm³/mol. The van der Waals surface area contributed by atoms with E-state index in [1.165, 1.54) is 53.7 Å². The quantitative estimate of drug-likeness (QED) is 0.0461. The van der Waals surface area contributed by atoms with Crippen molar-refractivity contribution in [2.24, 2.45) is 11.8 Å². The van der Waals surface area contributed by atoms with E-state index in [-0.39, 0.29) is 48.5 Å². The van der Waals surface area contributed by atoms with Crippen molar-refractivity contribution in [1.82, 2.24) is 51.1 Å². The van der Waals surface area contributed by atoms with Gasteiger partial charge in [-0.25, -0.2) is 24.1 Å². The zero-order valence-corrected chi connectivity index (χ0v) is 42.8. The molecule has 0 saturated heterocycles. The first kappa shape index (κ1) is 61.4. The fraction of sp³-hybridized carbons (Fsp3) is 0.705. The summed E-state index contributed by atoms with van der Waals surface area (Å²) in [6, 6.07) is -9.65. The summed E-state index contributed by atoms with van der Waals surface area (Å²) >= 11 is 0.991. The van der Waals surface area contributed by atoms with Crippen LogP contribution in [0, 0.1) is 11.8 Å². The first-order valence-corrected chi connectivity index (χ1v) is 23.2. The predicted octanol–water partition coefficient (Wildman–Crippen LogP) is 2.40. The lowest BCUT2D eigenvalue weighted by Crippen LogP contribution is -2.60. The summed E-state index contributed by atoms with van der Waals surface area (Å²) < 4.78 is 0. The van der Waals surface area contributed by atoms with Crippen LogP contribution in [0.15, 0.2) is 12.2 Å². The van der Waals surface area contributed by atoms with E-state index in [1.807, 2.05) is 50.5 Å². The van der Waals surface area contributed by atoms with E-state index in [0.717, 1.165) is 35.7 Å². The van der Waals surface area contributed by atoms with Crippen molar-refractivity contribution in [3.05, 3.63) is 12.2 Å². The highest BCUT2D eigenvalue weighted by molar-refractivity contribution is 8.00. The Bertz CT molecular complexity index is 1810. The Morgan fingerprint density at radius 1 is 0.731 bits per heavy atom. The van der Waals surface area contributed by atoms with E-state index in [0.29, 0.717) is 29.1 Å². The molecule has 0 fully saturated rings. The van der Waals surface area contributed by atoms with E-state index in [9.17, 15) is 57.8 Å². The molecular weight excluding hydrogens is 893 g/mol. The van der Waals surface area contributed by atoms with E-state index < -0.39 is 95.2 Å². The normalized spacial score (nSPS) is 14.0. The van der Waals surface area contributed by atoms with Gasteiger partial charge in [0.15, 0.2) is 5.37 Å². The van der Waals surface area contributed by atoms with Gasteiger partial charge in [-0.3, -0.25) is 44.3 Å². The molecule has 380 valence electrons. The highest BCUT2D eigenvalue weighted by Gasteiger charge is 2.40.